The summed E-state index contributed by atoms with van der Waals surface area (Å²) in [7, 11) is 0. The maximum Gasteiger partial charge on any atom is 0.251 e. The molecule has 92 valence electrons. The van der Waals surface area contributed by atoms with E-state index in [1.54, 1.807) is 12.1 Å². The first kappa shape index (κ1) is 13.3. The number of hydrogen-bond acceptors (Lipinski definition) is 2. The fourth-order valence-electron chi connectivity index (χ4n) is 1.42. The molecule has 0 aromatic heterocycles. The molecule has 3 nitrogen and oxygen atoms in total. The minimum atomic E-state index is -0.0931. The van der Waals surface area contributed by atoms with Crippen LogP contribution in [0, 0.1) is 0 Å². The van der Waals surface area contributed by atoms with E-state index in [9.17, 15) is 4.79 Å². The van der Waals surface area contributed by atoms with E-state index in [1.807, 2.05) is 0 Å². The molecule has 1 amide bonds. The van der Waals surface area contributed by atoms with Gasteiger partial charge in [-0.1, -0.05) is 19.1 Å². The van der Waals surface area contributed by atoms with Crippen LogP contribution in [-0.4, -0.2) is 17.6 Å². The number of unbranched alkanes of at least 4 members (excludes halogenated alkanes) is 1. The Labute approximate surface area is 102 Å². The normalized spacial score (nSPS) is 10.6. The largest absolute Gasteiger partial charge is 0.508 e. The van der Waals surface area contributed by atoms with Gasteiger partial charge in [0.25, 0.3) is 5.91 Å². The third-order valence-corrected chi connectivity index (χ3v) is 2.36. The summed E-state index contributed by atoms with van der Waals surface area (Å²) in [6.07, 6.45) is 7.25. The van der Waals surface area contributed by atoms with Gasteiger partial charge in [0.15, 0.2) is 0 Å². The first-order valence-corrected chi connectivity index (χ1v) is 5.96. The molecule has 1 aromatic carbocycles. The van der Waals surface area contributed by atoms with Crippen LogP contribution in [0.5, 0.6) is 5.75 Å². The summed E-state index contributed by atoms with van der Waals surface area (Å²) in [6, 6.07) is 6.25. The number of amides is 1. The molecule has 1 rings (SSSR count). The number of benzene rings is 1. The van der Waals surface area contributed by atoms with Gasteiger partial charge in [-0.3, -0.25) is 4.79 Å². The van der Waals surface area contributed by atoms with E-state index < -0.39 is 0 Å². The second kappa shape index (κ2) is 7.49. The molecule has 2 N–H and O–H groups in total. The molecule has 0 fully saturated rings. The topological polar surface area (TPSA) is 49.3 Å². The zero-order chi connectivity index (χ0) is 12.5. The van der Waals surface area contributed by atoms with Crippen molar-refractivity contribution in [2.75, 3.05) is 6.54 Å². The summed E-state index contributed by atoms with van der Waals surface area (Å²) in [6.45, 7) is 2.77. The Hall–Kier alpha value is -1.77. The lowest BCUT2D eigenvalue weighted by molar-refractivity contribution is 0.0953. The highest BCUT2D eigenvalue weighted by molar-refractivity contribution is 5.94. The van der Waals surface area contributed by atoms with Gasteiger partial charge in [-0.25, -0.2) is 0 Å². The number of allylic oxidation sites excluding steroid dienone is 2. The Morgan fingerprint density at radius 3 is 2.65 bits per heavy atom. The highest BCUT2D eigenvalue weighted by Gasteiger charge is 2.03. The molecule has 0 atom stereocenters. The number of phenolic OH excluding ortho intramolecular Hbond substituents is 1. The van der Waals surface area contributed by atoms with Crippen molar-refractivity contribution < 1.29 is 9.90 Å². The van der Waals surface area contributed by atoms with Gasteiger partial charge in [0, 0.05) is 12.1 Å². The van der Waals surface area contributed by atoms with E-state index in [-0.39, 0.29) is 11.7 Å². The van der Waals surface area contributed by atoms with Crippen LogP contribution in [0.2, 0.25) is 0 Å². The van der Waals surface area contributed by atoms with Crippen molar-refractivity contribution in [1.82, 2.24) is 5.32 Å². The molecule has 0 aliphatic carbocycles. The molecule has 0 saturated carbocycles. The number of carbonyl (C=O) groups excluding carboxylic acids is 1. The Bertz CT molecular complexity index is 368. The number of nitrogens with one attached hydrogen (secondary N) is 1. The summed E-state index contributed by atoms with van der Waals surface area (Å²) in [4.78, 5) is 11.6. The fourth-order valence-corrected chi connectivity index (χ4v) is 1.42. The van der Waals surface area contributed by atoms with Crippen LogP contribution in [0.3, 0.4) is 0 Å². The van der Waals surface area contributed by atoms with Gasteiger partial charge in [-0.15, -0.1) is 0 Å². The number of aromatic hydroxyl groups is 1. The number of hydrogen-bond donors (Lipinski definition) is 2. The van der Waals surface area contributed by atoms with Crippen LogP contribution < -0.4 is 5.32 Å². The predicted octanol–water partition coefficient (Wildman–Crippen LogP) is 2.87. The van der Waals surface area contributed by atoms with E-state index in [1.165, 1.54) is 12.1 Å². The van der Waals surface area contributed by atoms with Crippen molar-refractivity contribution in [2.45, 2.75) is 26.2 Å². The molecule has 17 heavy (non-hydrogen) atoms. The second-order valence-electron chi connectivity index (χ2n) is 3.82. The highest BCUT2D eigenvalue weighted by Crippen LogP contribution is 2.09. The van der Waals surface area contributed by atoms with Gasteiger partial charge >= 0.3 is 0 Å². The quantitative estimate of drug-likeness (QED) is 0.586. The second-order valence-corrected chi connectivity index (χ2v) is 3.82. The molecule has 0 heterocycles. The number of carbonyl (C=O) groups is 1. The lowest BCUT2D eigenvalue weighted by atomic mass is 10.2. The molecule has 1 aromatic rings. The Morgan fingerprint density at radius 2 is 2.00 bits per heavy atom. The van der Waals surface area contributed by atoms with Crippen molar-refractivity contribution in [3.05, 3.63) is 42.0 Å². The predicted molar refractivity (Wildman–Crippen MR) is 69.1 cm³/mol. The zero-order valence-corrected chi connectivity index (χ0v) is 10.1. The van der Waals surface area contributed by atoms with Gasteiger partial charge in [-0.2, -0.15) is 0 Å². The van der Waals surface area contributed by atoms with Gasteiger partial charge in [-0.05, 0) is 43.5 Å². The SMILES string of the molecule is CC/C=C\CCCNC(=O)c1ccc(O)cc1. The molecule has 0 aliphatic heterocycles. The van der Waals surface area contributed by atoms with E-state index in [4.69, 9.17) is 5.11 Å². The minimum Gasteiger partial charge on any atom is -0.508 e. The maximum atomic E-state index is 11.6. The Kier molecular flexibility index (Phi) is 5.86. The van der Waals surface area contributed by atoms with Crippen molar-refractivity contribution >= 4 is 5.91 Å². The highest BCUT2D eigenvalue weighted by atomic mass is 16.3. The van der Waals surface area contributed by atoms with E-state index in [2.05, 4.69) is 24.4 Å². The molecule has 0 bridgehead atoms. The number of rotatable bonds is 6. The van der Waals surface area contributed by atoms with Crippen LogP contribution in [-0.2, 0) is 0 Å². The Balaban J connectivity index is 2.25. The first-order valence-electron chi connectivity index (χ1n) is 5.96. The maximum absolute atomic E-state index is 11.6. The molecule has 0 spiro atoms. The van der Waals surface area contributed by atoms with Crippen molar-refractivity contribution in [3.63, 3.8) is 0 Å². The van der Waals surface area contributed by atoms with Crippen LogP contribution in [0.4, 0.5) is 0 Å². The lowest BCUT2D eigenvalue weighted by Gasteiger charge is -2.04. The van der Waals surface area contributed by atoms with Crippen LogP contribution in [0.1, 0.15) is 36.5 Å². The van der Waals surface area contributed by atoms with E-state index >= 15 is 0 Å². The third kappa shape index (κ3) is 5.20. The van der Waals surface area contributed by atoms with Crippen molar-refractivity contribution in [2.24, 2.45) is 0 Å². The van der Waals surface area contributed by atoms with Crippen molar-refractivity contribution in [3.8, 4) is 5.75 Å². The molecular weight excluding hydrogens is 214 g/mol. The molecule has 0 radical (unpaired) electrons. The van der Waals surface area contributed by atoms with Gasteiger partial charge < -0.3 is 10.4 Å². The Morgan fingerprint density at radius 1 is 1.29 bits per heavy atom. The first-order chi connectivity index (χ1) is 8.24. The summed E-state index contributed by atoms with van der Waals surface area (Å²) >= 11 is 0. The van der Waals surface area contributed by atoms with Crippen LogP contribution >= 0.6 is 0 Å². The molecule has 0 saturated heterocycles. The zero-order valence-electron chi connectivity index (χ0n) is 10.1. The lowest BCUT2D eigenvalue weighted by Crippen LogP contribution is -2.24. The van der Waals surface area contributed by atoms with Gasteiger partial charge in [0.2, 0.25) is 0 Å². The van der Waals surface area contributed by atoms with E-state index in [0.29, 0.717) is 12.1 Å². The molecule has 0 unspecified atom stereocenters. The summed E-state index contributed by atoms with van der Waals surface area (Å²) in [5.74, 6) is 0.0794. The molecular formula is C14H19NO2. The van der Waals surface area contributed by atoms with Crippen LogP contribution in [0.15, 0.2) is 36.4 Å². The average Bonchev–Trinajstić information content (AvgIpc) is 2.34. The van der Waals surface area contributed by atoms with E-state index in [0.717, 1.165) is 19.3 Å². The third-order valence-electron chi connectivity index (χ3n) is 2.36. The summed E-state index contributed by atoms with van der Waals surface area (Å²) in [5, 5.41) is 11.9. The minimum absolute atomic E-state index is 0.0931. The standard InChI is InChI=1S/C14H19NO2/c1-2-3-4-5-6-11-15-14(17)12-7-9-13(16)10-8-12/h3-4,7-10,16H,2,5-6,11H2,1H3,(H,15,17)/b4-3-. The number of phenols is 1. The van der Waals surface area contributed by atoms with Crippen LogP contribution in [0.25, 0.3) is 0 Å². The smallest absolute Gasteiger partial charge is 0.251 e. The molecule has 3 heteroatoms. The monoisotopic (exact) mass is 233 g/mol. The molecule has 0 aliphatic rings. The van der Waals surface area contributed by atoms with Gasteiger partial charge in [0.05, 0.1) is 0 Å². The summed E-state index contributed by atoms with van der Waals surface area (Å²) < 4.78 is 0. The summed E-state index contributed by atoms with van der Waals surface area (Å²) in [5.41, 5.74) is 0.576. The van der Waals surface area contributed by atoms with Gasteiger partial charge in [0.1, 0.15) is 5.75 Å². The fraction of sp³-hybridized carbons (Fsp3) is 0.357. The van der Waals surface area contributed by atoms with Crippen molar-refractivity contribution in [1.29, 1.82) is 0 Å². The average molecular weight is 233 g/mol.